The number of fused-ring (bicyclic) bond motifs is 1. The van der Waals surface area contributed by atoms with Gasteiger partial charge < -0.3 is 4.90 Å². The van der Waals surface area contributed by atoms with Gasteiger partial charge in [-0.3, -0.25) is 4.90 Å². The SMILES string of the molecule is Cc1cc(C)c(N(c2c(C)cc(C)cc2C)c2c(C)cc(C)c(N(c3ccc4ccccc4c3)c3nc(-c4ccccc4)nc(-c4ccccc4)n3)c2C)c(C)c1. The lowest BCUT2D eigenvalue weighted by atomic mass is 9.94. The zero-order valence-corrected chi connectivity index (χ0v) is 34.4. The Balaban J connectivity index is 1.47. The summed E-state index contributed by atoms with van der Waals surface area (Å²) in [6.07, 6.45) is 0. The molecule has 0 amide bonds. The second kappa shape index (κ2) is 15.2. The molecule has 0 fully saturated rings. The lowest BCUT2D eigenvalue weighted by molar-refractivity contribution is 1.01. The van der Waals surface area contributed by atoms with Crippen molar-refractivity contribution in [3.05, 3.63) is 184 Å². The van der Waals surface area contributed by atoms with Crippen molar-refractivity contribution < 1.29 is 0 Å². The fraction of sp³-hybridized carbons (Fsp3) is 0.173. The molecule has 0 saturated carbocycles. The third-order valence-electron chi connectivity index (χ3n) is 10.9. The molecule has 5 nitrogen and oxygen atoms in total. The van der Waals surface area contributed by atoms with Crippen LogP contribution in [0, 0.1) is 62.3 Å². The fourth-order valence-corrected chi connectivity index (χ4v) is 8.80. The normalized spacial score (nSPS) is 11.2. The highest BCUT2D eigenvalue weighted by Gasteiger charge is 2.29. The molecule has 282 valence electrons. The smallest absolute Gasteiger partial charge is 0.238 e. The second-order valence-electron chi connectivity index (χ2n) is 15.5. The van der Waals surface area contributed by atoms with Crippen LogP contribution in [0.5, 0.6) is 0 Å². The van der Waals surface area contributed by atoms with Gasteiger partial charge in [0.2, 0.25) is 5.95 Å². The first-order valence-corrected chi connectivity index (χ1v) is 19.7. The summed E-state index contributed by atoms with van der Waals surface area (Å²) < 4.78 is 0. The van der Waals surface area contributed by atoms with E-state index in [2.05, 4.69) is 169 Å². The zero-order valence-electron chi connectivity index (χ0n) is 34.4. The number of aryl methyl sites for hydroxylation is 8. The van der Waals surface area contributed by atoms with Crippen molar-refractivity contribution in [2.24, 2.45) is 0 Å². The lowest BCUT2D eigenvalue weighted by Gasteiger charge is -2.36. The number of anilines is 6. The summed E-state index contributed by atoms with van der Waals surface area (Å²) in [7, 11) is 0. The van der Waals surface area contributed by atoms with E-state index in [0.29, 0.717) is 17.6 Å². The Labute approximate surface area is 337 Å². The summed E-state index contributed by atoms with van der Waals surface area (Å²) in [4.78, 5) is 20.5. The van der Waals surface area contributed by atoms with Gasteiger partial charge in [-0.1, -0.05) is 132 Å². The van der Waals surface area contributed by atoms with E-state index in [-0.39, 0.29) is 0 Å². The van der Waals surface area contributed by atoms with Crippen molar-refractivity contribution in [3.8, 4) is 22.8 Å². The molecule has 0 atom stereocenters. The quantitative estimate of drug-likeness (QED) is 0.155. The third kappa shape index (κ3) is 7.06. The highest BCUT2D eigenvalue weighted by molar-refractivity contribution is 5.94. The first-order chi connectivity index (χ1) is 27.5. The minimum Gasteiger partial charge on any atom is -0.309 e. The maximum atomic E-state index is 5.32. The molecule has 0 N–H and O–H groups in total. The molecule has 5 heteroatoms. The molecule has 0 saturated heterocycles. The maximum Gasteiger partial charge on any atom is 0.238 e. The monoisotopic (exact) mass is 743 g/mol. The average Bonchev–Trinajstić information content (AvgIpc) is 3.19. The van der Waals surface area contributed by atoms with Gasteiger partial charge in [0.15, 0.2) is 11.6 Å². The second-order valence-corrected chi connectivity index (χ2v) is 15.5. The molecule has 8 aromatic rings. The third-order valence-corrected chi connectivity index (χ3v) is 10.9. The van der Waals surface area contributed by atoms with Crippen LogP contribution in [0.2, 0.25) is 0 Å². The van der Waals surface area contributed by atoms with Crippen LogP contribution < -0.4 is 9.80 Å². The van der Waals surface area contributed by atoms with E-state index in [1.54, 1.807) is 0 Å². The molecule has 1 heterocycles. The number of benzene rings is 7. The first-order valence-electron chi connectivity index (χ1n) is 19.7. The van der Waals surface area contributed by atoms with E-state index >= 15 is 0 Å². The molecule has 7 aromatic carbocycles. The minimum atomic E-state index is 0.552. The molecule has 1 aromatic heterocycles. The lowest BCUT2D eigenvalue weighted by Crippen LogP contribution is -2.22. The summed E-state index contributed by atoms with van der Waals surface area (Å²) in [5.41, 5.74) is 18.3. The Bertz CT molecular complexity index is 2630. The number of hydrogen-bond donors (Lipinski definition) is 0. The Morgan fingerprint density at radius 3 is 1.26 bits per heavy atom. The molecule has 57 heavy (non-hydrogen) atoms. The Morgan fingerprint density at radius 1 is 0.351 bits per heavy atom. The largest absolute Gasteiger partial charge is 0.309 e. The van der Waals surface area contributed by atoms with E-state index < -0.39 is 0 Å². The van der Waals surface area contributed by atoms with E-state index in [1.807, 2.05) is 36.4 Å². The van der Waals surface area contributed by atoms with E-state index in [9.17, 15) is 0 Å². The summed E-state index contributed by atoms with van der Waals surface area (Å²) in [5.74, 6) is 1.79. The molecule has 0 radical (unpaired) electrons. The molecule has 0 spiro atoms. The van der Waals surface area contributed by atoms with Gasteiger partial charge in [-0.15, -0.1) is 0 Å². The van der Waals surface area contributed by atoms with Crippen molar-refractivity contribution in [3.63, 3.8) is 0 Å². The van der Waals surface area contributed by atoms with Crippen LogP contribution in [-0.2, 0) is 0 Å². The highest BCUT2D eigenvalue weighted by atomic mass is 15.3. The van der Waals surface area contributed by atoms with Crippen molar-refractivity contribution in [1.29, 1.82) is 0 Å². The van der Waals surface area contributed by atoms with Crippen LogP contribution in [-0.4, -0.2) is 15.0 Å². The van der Waals surface area contributed by atoms with Crippen LogP contribution in [0.15, 0.2) is 133 Å². The van der Waals surface area contributed by atoms with Crippen LogP contribution in [0.1, 0.15) is 50.1 Å². The standard InChI is InChI=1S/C52H49N5/c1-32-26-34(3)46(35(4)27-32)57(47-36(5)28-33(2)29-37(47)6)49-39(8)30-38(7)48(40(49)9)56(45-25-24-41-18-16-17-23-44(41)31-45)52-54-50(42-19-12-10-13-20-42)53-51(55-52)43-21-14-11-15-22-43/h10-31H,1-9H3. The van der Waals surface area contributed by atoms with Gasteiger partial charge >= 0.3 is 0 Å². The number of aromatic nitrogens is 3. The number of nitrogens with zero attached hydrogens (tertiary/aromatic N) is 5. The van der Waals surface area contributed by atoms with Crippen LogP contribution >= 0.6 is 0 Å². The molecule has 0 bridgehead atoms. The number of hydrogen-bond acceptors (Lipinski definition) is 5. The molecular formula is C52H49N5. The van der Waals surface area contributed by atoms with Crippen molar-refractivity contribution in [2.45, 2.75) is 62.3 Å². The Morgan fingerprint density at radius 2 is 0.772 bits per heavy atom. The van der Waals surface area contributed by atoms with Gasteiger partial charge in [-0.2, -0.15) is 9.97 Å². The van der Waals surface area contributed by atoms with E-state index in [4.69, 9.17) is 15.0 Å². The van der Waals surface area contributed by atoms with Gasteiger partial charge in [0.05, 0.1) is 22.7 Å². The van der Waals surface area contributed by atoms with Gasteiger partial charge in [-0.25, -0.2) is 4.98 Å². The maximum absolute atomic E-state index is 5.32. The van der Waals surface area contributed by atoms with Crippen LogP contribution in [0.3, 0.4) is 0 Å². The van der Waals surface area contributed by atoms with Gasteiger partial charge in [0, 0.05) is 16.8 Å². The summed E-state index contributed by atoms with van der Waals surface area (Å²) in [5, 5.41) is 2.31. The van der Waals surface area contributed by atoms with Crippen molar-refractivity contribution in [2.75, 3.05) is 9.80 Å². The van der Waals surface area contributed by atoms with Crippen LogP contribution in [0.25, 0.3) is 33.5 Å². The molecule has 0 aliphatic carbocycles. The average molecular weight is 744 g/mol. The highest BCUT2D eigenvalue weighted by Crippen LogP contribution is 2.50. The topological polar surface area (TPSA) is 45.2 Å². The molecule has 8 rings (SSSR count). The van der Waals surface area contributed by atoms with Crippen molar-refractivity contribution in [1.82, 2.24) is 15.0 Å². The molecule has 0 unspecified atom stereocenters. The fourth-order valence-electron chi connectivity index (χ4n) is 8.80. The molecular weight excluding hydrogens is 695 g/mol. The minimum absolute atomic E-state index is 0.552. The summed E-state index contributed by atoms with van der Waals surface area (Å²) in [6.45, 7) is 20.0. The predicted octanol–water partition coefficient (Wildman–Crippen LogP) is 14.1. The van der Waals surface area contributed by atoms with E-state index in [1.165, 1.54) is 55.7 Å². The summed E-state index contributed by atoms with van der Waals surface area (Å²) in [6, 6.07) is 47.1. The number of rotatable bonds is 8. The van der Waals surface area contributed by atoms with Crippen molar-refractivity contribution >= 4 is 45.2 Å². The van der Waals surface area contributed by atoms with Gasteiger partial charge in [0.1, 0.15) is 0 Å². The van der Waals surface area contributed by atoms with Gasteiger partial charge in [-0.05, 0) is 124 Å². The first kappa shape index (κ1) is 37.3. The Kier molecular flexibility index (Phi) is 9.93. The molecule has 0 aliphatic rings. The zero-order chi connectivity index (χ0) is 40.0. The van der Waals surface area contributed by atoms with E-state index in [0.717, 1.165) is 44.7 Å². The summed E-state index contributed by atoms with van der Waals surface area (Å²) >= 11 is 0. The predicted molar refractivity (Wildman–Crippen MR) is 240 cm³/mol. The van der Waals surface area contributed by atoms with Crippen LogP contribution in [0.4, 0.5) is 34.4 Å². The van der Waals surface area contributed by atoms with Gasteiger partial charge in [0.25, 0.3) is 0 Å². The Hall–Kier alpha value is -6.59. The molecule has 0 aliphatic heterocycles.